The maximum absolute atomic E-state index is 11.4. The molecule has 158 valence electrons. The van der Waals surface area contributed by atoms with Crippen LogP contribution in [0.1, 0.15) is 13.3 Å². The maximum atomic E-state index is 11.4. The quantitative estimate of drug-likeness (QED) is 0.214. The van der Waals surface area contributed by atoms with Crippen LogP contribution in [0, 0.1) is 0 Å². The van der Waals surface area contributed by atoms with Gasteiger partial charge >= 0.3 is 0 Å². The van der Waals surface area contributed by atoms with E-state index in [1.54, 1.807) is 0 Å². The molecule has 2 heterocycles. The predicted octanol–water partition coefficient (Wildman–Crippen LogP) is -4.86. The van der Waals surface area contributed by atoms with Crippen molar-refractivity contribution in [3.63, 3.8) is 0 Å². The molecule has 8 N–H and O–H groups in total. The van der Waals surface area contributed by atoms with Gasteiger partial charge in [-0.15, -0.1) is 0 Å². The van der Waals surface area contributed by atoms with Crippen LogP contribution in [-0.2, 0) is 19.0 Å². The lowest BCUT2D eigenvalue weighted by atomic mass is 9.95. The lowest BCUT2D eigenvalue weighted by Crippen LogP contribution is -2.65. The average Bonchev–Trinajstić information content (AvgIpc) is 2.62. The predicted molar refractivity (Wildman–Crippen MR) is 84.9 cm³/mol. The number of aliphatic hydroxyl groups is 7. The highest BCUT2D eigenvalue weighted by molar-refractivity contribution is 5.73. The number of hydrogen-bond acceptors (Lipinski definition) is 11. The van der Waals surface area contributed by atoms with E-state index < -0.39 is 73.9 Å². The fourth-order valence-corrected chi connectivity index (χ4v) is 3.15. The van der Waals surface area contributed by atoms with E-state index >= 15 is 0 Å². The van der Waals surface area contributed by atoms with Gasteiger partial charge in [0.15, 0.2) is 6.29 Å². The molecule has 2 rings (SSSR count). The summed E-state index contributed by atoms with van der Waals surface area (Å²) in [6, 6.07) is -1.16. The van der Waals surface area contributed by atoms with Gasteiger partial charge in [-0.3, -0.25) is 4.79 Å². The minimum absolute atomic E-state index is 0.129. The molecular weight excluding hydrogens is 370 g/mol. The topological polar surface area (TPSA) is 198 Å². The van der Waals surface area contributed by atoms with Crippen LogP contribution in [0.2, 0.25) is 0 Å². The number of hydrogen-bond donors (Lipinski definition) is 8. The zero-order chi connectivity index (χ0) is 20.4. The van der Waals surface area contributed by atoms with Gasteiger partial charge in [0.2, 0.25) is 11.7 Å². The Hall–Kier alpha value is -0.930. The summed E-state index contributed by atoms with van der Waals surface area (Å²) in [7, 11) is 0. The fraction of sp³-hybridized carbons (Fsp3) is 0.933. The van der Waals surface area contributed by atoms with Gasteiger partial charge in [-0.2, -0.15) is 0 Å². The van der Waals surface area contributed by atoms with E-state index in [9.17, 15) is 40.5 Å². The Labute approximate surface area is 154 Å². The summed E-state index contributed by atoms with van der Waals surface area (Å²) in [6.45, 7) is -0.695. The van der Waals surface area contributed by atoms with E-state index in [1.807, 2.05) is 0 Å². The summed E-state index contributed by atoms with van der Waals surface area (Å²) < 4.78 is 16.0. The Morgan fingerprint density at radius 1 is 1.22 bits per heavy atom. The first-order valence-electron chi connectivity index (χ1n) is 8.51. The molecule has 0 aromatic rings. The van der Waals surface area contributed by atoms with Gasteiger partial charge in [-0.05, 0) is 0 Å². The van der Waals surface area contributed by atoms with Gasteiger partial charge in [0.05, 0.1) is 32.0 Å². The van der Waals surface area contributed by atoms with E-state index in [4.69, 9.17) is 14.2 Å². The molecule has 0 bridgehead atoms. The molecule has 0 spiro atoms. The number of carbonyl (C=O) groups is 1. The zero-order valence-corrected chi connectivity index (χ0v) is 14.7. The minimum atomic E-state index is -2.38. The summed E-state index contributed by atoms with van der Waals surface area (Å²) in [6.07, 6.45) is -9.58. The van der Waals surface area contributed by atoms with Crippen LogP contribution in [0.3, 0.4) is 0 Å². The molecule has 1 amide bonds. The summed E-state index contributed by atoms with van der Waals surface area (Å²) in [5.41, 5.74) is 0. The Morgan fingerprint density at radius 3 is 2.44 bits per heavy atom. The van der Waals surface area contributed by atoms with Gasteiger partial charge < -0.3 is 55.3 Å². The molecule has 0 aromatic carbocycles. The van der Waals surface area contributed by atoms with E-state index in [0.29, 0.717) is 0 Å². The lowest BCUT2D eigenvalue weighted by Gasteiger charge is -2.44. The standard InChI is InChI=1S/C15H27NO11/c1-6(19)16-10-12(22)11(21)9(3-17)26-14(10)25-4-7-2-8(20)13(23)15(24,5-18)27-7/h7-14,17-18,20-24H,2-5H2,1H3,(H,16,19)/t7-,8+,9-,10-,11-,12-,13-,14-,15?/m1/s1. The number of amides is 1. The molecule has 2 fully saturated rings. The molecule has 0 saturated carbocycles. The van der Waals surface area contributed by atoms with Crippen molar-refractivity contribution in [3.8, 4) is 0 Å². The summed E-state index contributed by atoms with van der Waals surface area (Å²) >= 11 is 0. The molecule has 0 aliphatic carbocycles. The van der Waals surface area contributed by atoms with Crippen LogP contribution in [-0.4, -0.2) is 116 Å². The van der Waals surface area contributed by atoms with Crippen LogP contribution in [0.15, 0.2) is 0 Å². The van der Waals surface area contributed by atoms with Crippen molar-refractivity contribution < 1.29 is 54.8 Å². The first kappa shape index (κ1) is 22.4. The van der Waals surface area contributed by atoms with Gasteiger partial charge in [0, 0.05) is 13.3 Å². The van der Waals surface area contributed by atoms with Crippen LogP contribution < -0.4 is 5.32 Å². The second-order valence-electron chi connectivity index (χ2n) is 6.76. The number of ether oxygens (including phenoxy) is 3. The molecule has 0 aromatic heterocycles. The van der Waals surface area contributed by atoms with Crippen LogP contribution in [0.5, 0.6) is 0 Å². The molecule has 1 unspecified atom stereocenters. The van der Waals surface area contributed by atoms with Crippen molar-refractivity contribution in [2.75, 3.05) is 19.8 Å². The Kier molecular flexibility index (Phi) is 7.49. The number of nitrogens with one attached hydrogen (secondary N) is 1. The fourth-order valence-electron chi connectivity index (χ4n) is 3.15. The second-order valence-corrected chi connectivity index (χ2v) is 6.76. The molecule has 27 heavy (non-hydrogen) atoms. The average molecular weight is 397 g/mol. The SMILES string of the molecule is CC(=O)N[C@H]1[C@H](OC[C@H]2C[C@H](O)[C@@H](O)C(O)(CO)O2)O[C@H](CO)[C@@H](O)[C@@H]1O. The lowest BCUT2D eigenvalue weighted by molar-refractivity contribution is -0.345. The smallest absolute Gasteiger partial charge is 0.218 e. The highest BCUT2D eigenvalue weighted by Crippen LogP contribution is 2.29. The van der Waals surface area contributed by atoms with Crippen molar-refractivity contribution in [1.82, 2.24) is 5.32 Å². The van der Waals surface area contributed by atoms with E-state index in [-0.39, 0.29) is 13.0 Å². The van der Waals surface area contributed by atoms with Crippen LogP contribution >= 0.6 is 0 Å². The van der Waals surface area contributed by atoms with Crippen molar-refractivity contribution in [2.45, 2.75) is 68.1 Å². The molecule has 2 saturated heterocycles. The summed E-state index contributed by atoms with van der Waals surface area (Å²) in [5.74, 6) is -2.90. The van der Waals surface area contributed by atoms with Crippen molar-refractivity contribution in [1.29, 1.82) is 0 Å². The van der Waals surface area contributed by atoms with Crippen LogP contribution in [0.4, 0.5) is 0 Å². The van der Waals surface area contributed by atoms with Crippen molar-refractivity contribution in [3.05, 3.63) is 0 Å². The third-order valence-corrected chi connectivity index (χ3v) is 4.63. The summed E-state index contributed by atoms with van der Waals surface area (Å²) in [5, 5.41) is 70.5. The number of carbonyl (C=O) groups excluding carboxylic acids is 1. The molecule has 0 radical (unpaired) electrons. The number of aliphatic hydroxyl groups excluding tert-OH is 6. The van der Waals surface area contributed by atoms with Gasteiger partial charge in [-0.1, -0.05) is 0 Å². The van der Waals surface area contributed by atoms with E-state index in [1.165, 1.54) is 6.92 Å². The maximum Gasteiger partial charge on any atom is 0.218 e. The molecule has 2 aliphatic heterocycles. The summed E-state index contributed by atoms with van der Waals surface area (Å²) in [4.78, 5) is 11.4. The largest absolute Gasteiger partial charge is 0.394 e. The third-order valence-electron chi connectivity index (χ3n) is 4.63. The third kappa shape index (κ3) is 4.92. The number of rotatable bonds is 6. The van der Waals surface area contributed by atoms with Crippen LogP contribution in [0.25, 0.3) is 0 Å². The van der Waals surface area contributed by atoms with Gasteiger partial charge in [0.1, 0.15) is 30.5 Å². The first-order valence-corrected chi connectivity index (χ1v) is 8.51. The molecule has 2 aliphatic rings. The van der Waals surface area contributed by atoms with E-state index in [2.05, 4.69) is 5.32 Å². The minimum Gasteiger partial charge on any atom is -0.394 e. The molecule has 12 heteroatoms. The highest BCUT2D eigenvalue weighted by Gasteiger charge is 2.49. The first-order chi connectivity index (χ1) is 12.6. The van der Waals surface area contributed by atoms with Gasteiger partial charge in [-0.25, -0.2) is 0 Å². The molecule has 9 atom stereocenters. The Bertz CT molecular complexity index is 508. The normalized spacial score (nSPS) is 45.5. The van der Waals surface area contributed by atoms with E-state index in [0.717, 1.165) is 0 Å². The highest BCUT2D eigenvalue weighted by atomic mass is 16.7. The molecular formula is C15H27NO11. The van der Waals surface area contributed by atoms with Crippen molar-refractivity contribution in [2.24, 2.45) is 0 Å². The zero-order valence-electron chi connectivity index (χ0n) is 14.7. The second kappa shape index (κ2) is 9.05. The molecule has 12 nitrogen and oxygen atoms in total. The van der Waals surface area contributed by atoms with Crippen molar-refractivity contribution >= 4 is 5.91 Å². The van der Waals surface area contributed by atoms with Gasteiger partial charge in [0.25, 0.3) is 0 Å². The Balaban J connectivity index is 2.05. The monoisotopic (exact) mass is 397 g/mol. The Morgan fingerprint density at radius 2 is 1.89 bits per heavy atom.